The first kappa shape index (κ1) is 20.0. The van der Waals surface area contributed by atoms with E-state index in [1.807, 2.05) is 54.6 Å². The molecule has 1 heterocycles. The van der Waals surface area contributed by atoms with Crippen LogP contribution in [0.5, 0.6) is 0 Å². The molecule has 6 heteroatoms. The van der Waals surface area contributed by atoms with Gasteiger partial charge < -0.3 is 10.6 Å². The first-order valence-corrected chi connectivity index (χ1v) is 10.7. The minimum atomic E-state index is -0.170. The van der Waals surface area contributed by atoms with E-state index in [-0.39, 0.29) is 11.9 Å². The van der Waals surface area contributed by atoms with Gasteiger partial charge in [0.05, 0.1) is 5.69 Å². The molecular formula is C24H23N3O2S. The third-order valence-corrected chi connectivity index (χ3v) is 6.01. The lowest BCUT2D eigenvalue weighted by atomic mass is 10.1. The van der Waals surface area contributed by atoms with Gasteiger partial charge in [-0.1, -0.05) is 49.4 Å². The number of anilines is 2. The molecule has 0 unspecified atom stereocenters. The van der Waals surface area contributed by atoms with Crippen molar-refractivity contribution >= 4 is 35.1 Å². The lowest BCUT2D eigenvalue weighted by Gasteiger charge is -2.32. The number of urea groups is 1. The van der Waals surface area contributed by atoms with E-state index in [4.69, 9.17) is 0 Å². The van der Waals surface area contributed by atoms with Crippen molar-refractivity contribution in [2.45, 2.75) is 23.6 Å². The molecule has 1 atom stereocenters. The van der Waals surface area contributed by atoms with Crippen LogP contribution >= 0.6 is 11.8 Å². The number of hydrogen-bond acceptors (Lipinski definition) is 3. The Bertz CT molecular complexity index is 1040. The molecule has 3 amide bonds. The minimum absolute atomic E-state index is 0.146. The van der Waals surface area contributed by atoms with Crippen molar-refractivity contribution in [2.24, 2.45) is 0 Å². The third kappa shape index (κ3) is 4.66. The predicted molar refractivity (Wildman–Crippen MR) is 122 cm³/mol. The van der Waals surface area contributed by atoms with Gasteiger partial charge in [-0.15, -0.1) is 11.8 Å². The second kappa shape index (κ2) is 9.05. The number of para-hydroxylation sites is 1. The molecular weight excluding hydrogens is 394 g/mol. The number of fused-ring (bicyclic) bond motifs is 1. The van der Waals surface area contributed by atoms with E-state index in [0.717, 1.165) is 16.1 Å². The van der Waals surface area contributed by atoms with Crippen LogP contribution in [0.4, 0.5) is 16.2 Å². The number of benzene rings is 3. The molecule has 0 aromatic heterocycles. The van der Waals surface area contributed by atoms with Gasteiger partial charge in [-0.3, -0.25) is 9.69 Å². The third-order valence-electron chi connectivity index (χ3n) is 4.86. The van der Waals surface area contributed by atoms with E-state index >= 15 is 0 Å². The fourth-order valence-corrected chi connectivity index (χ4v) is 4.47. The van der Waals surface area contributed by atoms with Crippen molar-refractivity contribution in [3.8, 4) is 0 Å². The van der Waals surface area contributed by atoms with Crippen LogP contribution in [0, 0.1) is 0 Å². The molecule has 3 aromatic carbocycles. The van der Waals surface area contributed by atoms with Crippen LogP contribution in [0.3, 0.4) is 0 Å². The fraction of sp³-hybridized carbons (Fsp3) is 0.167. The Labute approximate surface area is 180 Å². The summed E-state index contributed by atoms with van der Waals surface area (Å²) in [7, 11) is 0. The molecule has 0 bridgehead atoms. The van der Waals surface area contributed by atoms with Crippen LogP contribution in [0.25, 0.3) is 0 Å². The highest BCUT2D eigenvalue weighted by Crippen LogP contribution is 2.38. The molecule has 1 aliphatic heterocycles. The average molecular weight is 418 g/mol. The topological polar surface area (TPSA) is 61.4 Å². The number of amides is 3. The zero-order valence-corrected chi connectivity index (χ0v) is 17.5. The summed E-state index contributed by atoms with van der Waals surface area (Å²) in [4.78, 5) is 28.1. The normalized spacial score (nSPS) is 15.2. The van der Waals surface area contributed by atoms with Crippen LogP contribution in [0.2, 0.25) is 0 Å². The summed E-state index contributed by atoms with van der Waals surface area (Å²) in [6, 6.07) is 24.5. The summed E-state index contributed by atoms with van der Waals surface area (Å²) in [6.07, 6.45) is 0. The Hall–Kier alpha value is -3.25. The summed E-state index contributed by atoms with van der Waals surface area (Å²) in [5.41, 5.74) is 3.18. The average Bonchev–Trinajstić information content (AvgIpc) is 2.78. The van der Waals surface area contributed by atoms with Gasteiger partial charge in [-0.2, -0.15) is 0 Å². The summed E-state index contributed by atoms with van der Waals surface area (Å²) in [6.45, 7) is 3.24. The molecule has 30 heavy (non-hydrogen) atoms. The van der Waals surface area contributed by atoms with Gasteiger partial charge in [0.2, 0.25) is 0 Å². The van der Waals surface area contributed by atoms with Crippen LogP contribution in [0.1, 0.15) is 22.8 Å². The molecule has 4 rings (SSSR count). The molecule has 1 aliphatic rings. The summed E-state index contributed by atoms with van der Waals surface area (Å²) >= 11 is 1.78. The van der Waals surface area contributed by atoms with E-state index in [9.17, 15) is 9.59 Å². The van der Waals surface area contributed by atoms with Crippen LogP contribution in [0.15, 0.2) is 83.8 Å². The predicted octanol–water partition coefficient (Wildman–Crippen LogP) is 5.15. The van der Waals surface area contributed by atoms with Gasteiger partial charge in [-0.05, 0) is 42.0 Å². The Morgan fingerprint density at radius 3 is 2.43 bits per heavy atom. The largest absolute Gasteiger partial charge is 0.348 e. The summed E-state index contributed by atoms with van der Waals surface area (Å²) in [5.74, 6) is -0.146. The minimum Gasteiger partial charge on any atom is -0.348 e. The maximum absolute atomic E-state index is 12.9. The summed E-state index contributed by atoms with van der Waals surface area (Å²) < 4.78 is 0. The van der Waals surface area contributed by atoms with Gasteiger partial charge in [0.1, 0.15) is 0 Å². The quantitative estimate of drug-likeness (QED) is 0.617. The maximum atomic E-state index is 12.9. The van der Waals surface area contributed by atoms with Crippen molar-refractivity contribution in [3.63, 3.8) is 0 Å². The number of carbonyl (C=O) groups is 2. The number of nitrogens with zero attached hydrogens (tertiary/aromatic N) is 1. The van der Waals surface area contributed by atoms with Crippen molar-refractivity contribution in [1.29, 1.82) is 0 Å². The van der Waals surface area contributed by atoms with Gasteiger partial charge in [0.25, 0.3) is 5.91 Å². The van der Waals surface area contributed by atoms with Gasteiger partial charge >= 0.3 is 6.03 Å². The van der Waals surface area contributed by atoms with Crippen molar-refractivity contribution in [2.75, 3.05) is 16.8 Å². The fourth-order valence-electron chi connectivity index (χ4n) is 3.36. The van der Waals surface area contributed by atoms with Gasteiger partial charge in [-0.25, -0.2) is 4.79 Å². The molecule has 0 spiro atoms. The van der Waals surface area contributed by atoms with Crippen molar-refractivity contribution in [3.05, 3.63) is 90.0 Å². The number of carbonyl (C=O) groups excluding carboxylic acids is 2. The standard InChI is InChI=1S/C24H23N3O2S/c1-17-16-27(21-9-5-6-10-22(21)30-17)24(29)26-20-13-11-19(12-14-20)23(28)25-15-18-7-3-2-4-8-18/h2-14,17H,15-16H2,1H3,(H,25,28)(H,26,29)/t17-/m0/s1. The van der Waals surface area contributed by atoms with Crippen molar-refractivity contribution < 1.29 is 9.59 Å². The molecule has 0 fully saturated rings. The lowest BCUT2D eigenvalue weighted by Crippen LogP contribution is -2.41. The Morgan fingerprint density at radius 2 is 1.67 bits per heavy atom. The van der Waals surface area contributed by atoms with E-state index < -0.39 is 0 Å². The first-order valence-electron chi connectivity index (χ1n) is 9.86. The van der Waals surface area contributed by atoms with Gasteiger partial charge in [0, 0.05) is 34.5 Å². The molecule has 2 N–H and O–H groups in total. The molecule has 3 aromatic rings. The van der Waals surface area contributed by atoms with Crippen LogP contribution in [-0.4, -0.2) is 23.7 Å². The zero-order valence-electron chi connectivity index (χ0n) is 16.7. The highest BCUT2D eigenvalue weighted by atomic mass is 32.2. The Kier molecular flexibility index (Phi) is 6.05. The molecule has 0 aliphatic carbocycles. The molecule has 0 saturated carbocycles. The first-order chi connectivity index (χ1) is 14.6. The highest BCUT2D eigenvalue weighted by Gasteiger charge is 2.26. The van der Waals surface area contributed by atoms with Crippen LogP contribution < -0.4 is 15.5 Å². The smallest absolute Gasteiger partial charge is 0.326 e. The van der Waals surface area contributed by atoms with Gasteiger partial charge in [0.15, 0.2) is 0 Å². The van der Waals surface area contributed by atoms with E-state index in [1.54, 1.807) is 40.9 Å². The number of nitrogens with one attached hydrogen (secondary N) is 2. The number of thioether (sulfide) groups is 1. The van der Waals surface area contributed by atoms with E-state index in [2.05, 4.69) is 17.6 Å². The zero-order chi connectivity index (χ0) is 20.9. The Balaban J connectivity index is 1.39. The van der Waals surface area contributed by atoms with Crippen molar-refractivity contribution in [1.82, 2.24) is 5.32 Å². The molecule has 152 valence electrons. The number of hydrogen-bond donors (Lipinski definition) is 2. The molecule has 0 saturated heterocycles. The maximum Gasteiger partial charge on any atom is 0.326 e. The van der Waals surface area contributed by atoms with E-state index in [0.29, 0.717) is 29.6 Å². The highest BCUT2D eigenvalue weighted by molar-refractivity contribution is 8.00. The van der Waals surface area contributed by atoms with E-state index in [1.165, 1.54) is 0 Å². The summed E-state index contributed by atoms with van der Waals surface area (Å²) in [5, 5.41) is 6.17. The number of rotatable bonds is 4. The monoisotopic (exact) mass is 417 g/mol. The molecule has 5 nitrogen and oxygen atoms in total. The second-order valence-electron chi connectivity index (χ2n) is 7.18. The van der Waals surface area contributed by atoms with Crippen LogP contribution in [-0.2, 0) is 6.54 Å². The second-order valence-corrected chi connectivity index (χ2v) is 8.66. The Morgan fingerprint density at radius 1 is 0.967 bits per heavy atom. The molecule has 0 radical (unpaired) electrons. The SMILES string of the molecule is C[C@H]1CN(C(=O)Nc2ccc(C(=O)NCc3ccccc3)cc2)c2ccccc2S1. The lowest BCUT2D eigenvalue weighted by molar-refractivity contribution is 0.0951.